The van der Waals surface area contributed by atoms with E-state index in [1.807, 2.05) is 26.8 Å². The molecule has 0 unspecified atom stereocenters. The first-order valence-corrected chi connectivity index (χ1v) is 8.74. The maximum Gasteiger partial charge on any atom is 0.492 e. The van der Waals surface area contributed by atoms with Gasteiger partial charge >= 0.3 is 7.12 Å². The minimum atomic E-state index is -0.957. The van der Waals surface area contributed by atoms with Gasteiger partial charge < -0.3 is 24.8 Å². The SMILES string of the molecule is Cc1c(Oc2cnc(C(=O)N[C@H](CO)C(C)C)cn2)ccc2c1B(O)OC2. The third-order valence-electron chi connectivity index (χ3n) is 4.59. The molecule has 1 aromatic carbocycles. The number of benzene rings is 1. The van der Waals surface area contributed by atoms with E-state index in [4.69, 9.17) is 9.39 Å². The lowest BCUT2D eigenvalue weighted by Crippen LogP contribution is -2.41. The summed E-state index contributed by atoms with van der Waals surface area (Å²) in [6.07, 6.45) is 2.68. The molecule has 1 amide bonds. The predicted octanol–water partition coefficient (Wildman–Crippen LogP) is 0.542. The van der Waals surface area contributed by atoms with Crippen LogP contribution in [-0.4, -0.2) is 45.8 Å². The van der Waals surface area contributed by atoms with Crippen molar-refractivity contribution in [2.45, 2.75) is 33.4 Å². The molecule has 142 valence electrons. The van der Waals surface area contributed by atoms with Gasteiger partial charge in [-0.1, -0.05) is 19.9 Å². The third kappa shape index (κ3) is 4.10. The van der Waals surface area contributed by atoms with Crippen LogP contribution >= 0.6 is 0 Å². The van der Waals surface area contributed by atoms with Crippen LogP contribution in [0.3, 0.4) is 0 Å². The van der Waals surface area contributed by atoms with E-state index in [-0.39, 0.29) is 30.1 Å². The van der Waals surface area contributed by atoms with Crippen molar-refractivity contribution in [3.05, 3.63) is 41.3 Å². The molecular formula is C18H22BN3O5. The van der Waals surface area contributed by atoms with Gasteiger partial charge in [0.1, 0.15) is 11.4 Å². The molecule has 0 saturated heterocycles. The van der Waals surface area contributed by atoms with Gasteiger partial charge in [0.05, 0.1) is 31.6 Å². The second kappa shape index (κ2) is 8.04. The predicted molar refractivity (Wildman–Crippen MR) is 98.9 cm³/mol. The maximum absolute atomic E-state index is 12.2. The van der Waals surface area contributed by atoms with Crippen LogP contribution in [0.1, 0.15) is 35.5 Å². The molecular weight excluding hydrogens is 349 g/mol. The number of hydrogen-bond acceptors (Lipinski definition) is 7. The zero-order valence-corrected chi connectivity index (χ0v) is 15.5. The number of aliphatic hydroxyl groups is 1. The Bertz CT molecular complexity index is 828. The van der Waals surface area contributed by atoms with Crippen LogP contribution in [-0.2, 0) is 11.3 Å². The molecule has 9 heteroatoms. The number of hydrogen-bond donors (Lipinski definition) is 3. The van der Waals surface area contributed by atoms with Crippen LogP contribution in [0.2, 0.25) is 0 Å². The molecule has 0 bridgehead atoms. The number of fused-ring (bicyclic) bond motifs is 1. The highest BCUT2D eigenvalue weighted by molar-refractivity contribution is 6.62. The zero-order valence-electron chi connectivity index (χ0n) is 15.5. The van der Waals surface area contributed by atoms with Gasteiger partial charge in [-0.2, -0.15) is 0 Å². The van der Waals surface area contributed by atoms with Crippen molar-refractivity contribution in [1.82, 2.24) is 15.3 Å². The Morgan fingerprint density at radius 1 is 1.37 bits per heavy atom. The van der Waals surface area contributed by atoms with Crippen LogP contribution in [0.4, 0.5) is 0 Å². The van der Waals surface area contributed by atoms with Crippen LogP contribution in [0.5, 0.6) is 11.6 Å². The molecule has 0 fully saturated rings. The molecule has 0 saturated carbocycles. The molecule has 1 aromatic heterocycles. The summed E-state index contributed by atoms with van der Waals surface area (Å²) < 4.78 is 11.0. The minimum absolute atomic E-state index is 0.0941. The van der Waals surface area contributed by atoms with Gasteiger partial charge in [0.2, 0.25) is 5.88 Å². The van der Waals surface area contributed by atoms with Gasteiger partial charge in [-0.25, -0.2) is 9.97 Å². The molecule has 2 aromatic rings. The van der Waals surface area contributed by atoms with Crippen LogP contribution < -0.4 is 15.5 Å². The van der Waals surface area contributed by atoms with E-state index >= 15 is 0 Å². The second-order valence-electron chi connectivity index (χ2n) is 6.77. The van der Waals surface area contributed by atoms with Gasteiger partial charge in [0.15, 0.2) is 0 Å². The fourth-order valence-electron chi connectivity index (χ4n) is 2.86. The molecule has 27 heavy (non-hydrogen) atoms. The van der Waals surface area contributed by atoms with E-state index in [2.05, 4.69) is 15.3 Å². The number of carbonyl (C=O) groups is 1. The average molecular weight is 371 g/mol. The topological polar surface area (TPSA) is 114 Å². The molecule has 1 aliphatic rings. The van der Waals surface area contributed by atoms with E-state index in [0.29, 0.717) is 17.8 Å². The van der Waals surface area contributed by atoms with Crippen LogP contribution in [0.25, 0.3) is 0 Å². The van der Waals surface area contributed by atoms with E-state index < -0.39 is 13.0 Å². The highest BCUT2D eigenvalue weighted by Gasteiger charge is 2.30. The summed E-state index contributed by atoms with van der Waals surface area (Å²) in [7, 11) is -0.957. The van der Waals surface area contributed by atoms with Crippen molar-refractivity contribution in [3.63, 3.8) is 0 Å². The molecule has 8 nitrogen and oxygen atoms in total. The largest absolute Gasteiger partial charge is 0.492 e. The maximum atomic E-state index is 12.2. The lowest BCUT2D eigenvalue weighted by molar-refractivity contribution is 0.0891. The summed E-state index contributed by atoms with van der Waals surface area (Å²) in [5.74, 6) is 0.447. The zero-order chi connectivity index (χ0) is 19.6. The van der Waals surface area contributed by atoms with E-state index in [1.165, 1.54) is 12.4 Å². The summed E-state index contributed by atoms with van der Waals surface area (Å²) in [4.78, 5) is 20.4. The van der Waals surface area contributed by atoms with Gasteiger partial charge in [0, 0.05) is 0 Å². The highest BCUT2D eigenvalue weighted by Crippen LogP contribution is 2.25. The van der Waals surface area contributed by atoms with E-state index in [1.54, 1.807) is 6.07 Å². The van der Waals surface area contributed by atoms with Crippen LogP contribution in [0, 0.1) is 12.8 Å². The molecule has 0 radical (unpaired) electrons. The van der Waals surface area contributed by atoms with Crippen molar-refractivity contribution in [1.29, 1.82) is 0 Å². The molecule has 0 spiro atoms. The lowest BCUT2D eigenvalue weighted by atomic mass is 9.76. The molecule has 3 N–H and O–H groups in total. The standard InChI is InChI=1S/C18H22BN3O5/c1-10(2)14(8-23)22-18(24)13-6-21-16(7-20-13)27-15-5-4-12-9-26-19(25)17(12)11(15)3/h4-7,10,14,23,25H,8-9H2,1-3H3,(H,22,24)/t14-/m1/s1. The molecule has 3 rings (SSSR count). The smallest absolute Gasteiger partial charge is 0.437 e. The third-order valence-corrected chi connectivity index (χ3v) is 4.59. The first kappa shape index (κ1) is 19.3. The van der Waals surface area contributed by atoms with Gasteiger partial charge in [0.25, 0.3) is 5.91 Å². The molecule has 1 aliphatic heterocycles. The molecule has 2 heterocycles. The summed E-state index contributed by atoms with van der Waals surface area (Å²) in [5, 5.41) is 21.9. The Morgan fingerprint density at radius 3 is 2.78 bits per heavy atom. The summed E-state index contributed by atoms with van der Waals surface area (Å²) in [6, 6.07) is 3.27. The number of rotatable bonds is 6. The normalized spacial score (nSPS) is 14.2. The highest BCUT2D eigenvalue weighted by atomic mass is 16.5. The number of carbonyl (C=O) groups excluding carboxylic acids is 1. The van der Waals surface area contributed by atoms with Crippen molar-refractivity contribution in [2.24, 2.45) is 5.92 Å². The van der Waals surface area contributed by atoms with Gasteiger partial charge in [-0.15, -0.1) is 0 Å². The number of ether oxygens (including phenoxy) is 1. The fourth-order valence-corrected chi connectivity index (χ4v) is 2.86. The number of nitrogens with zero attached hydrogens (tertiary/aromatic N) is 2. The Labute approximate surface area is 157 Å². The van der Waals surface area contributed by atoms with Crippen molar-refractivity contribution < 1.29 is 24.3 Å². The fraction of sp³-hybridized carbons (Fsp3) is 0.389. The van der Waals surface area contributed by atoms with Gasteiger partial charge in [-0.05, 0) is 35.5 Å². The Hall–Kier alpha value is -2.49. The monoisotopic (exact) mass is 371 g/mol. The average Bonchev–Trinajstić information content (AvgIpc) is 3.03. The Morgan fingerprint density at radius 2 is 2.15 bits per heavy atom. The lowest BCUT2D eigenvalue weighted by Gasteiger charge is -2.19. The van der Waals surface area contributed by atoms with E-state index in [9.17, 15) is 14.9 Å². The summed E-state index contributed by atoms with van der Waals surface area (Å²) in [6.45, 7) is 5.87. The van der Waals surface area contributed by atoms with Crippen LogP contribution in [0.15, 0.2) is 24.5 Å². The first-order valence-electron chi connectivity index (χ1n) is 8.74. The number of nitrogens with one attached hydrogen (secondary N) is 1. The van der Waals surface area contributed by atoms with Crippen molar-refractivity contribution in [3.8, 4) is 11.6 Å². The van der Waals surface area contributed by atoms with Crippen molar-refractivity contribution >= 4 is 18.5 Å². The first-order chi connectivity index (χ1) is 12.9. The number of aromatic nitrogens is 2. The Kier molecular flexibility index (Phi) is 5.74. The molecule has 1 atom stereocenters. The number of aliphatic hydroxyl groups excluding tert-OH is 1. The quantitative estimate of drug-likeness (QED) is 0.635. The molecule has 0 aliphatic carbocycles. The van der Waals surface area contributed by atoms with Gasteiger partial charge in [-0.3, -0.25) is 4.79 Å². The summed E-state index contributed by atoms with van der Waals surface area (Å²) in [5.41, 5.74) is 2.54. The minimum Gasteiger partial charge on any atom is -0.437 e. The van der Waals surface area contributed by atoms with E-state index in [0.717, 1.165) is 11.1 Å². The number of amides is 1. The van der Waals surface area contributed by atoms with Crippen molar-refractivity contribution in [2.75, 3.05) is 6.61 Å². The summed E-state index contributed by atoms with van der Waals surface area (Å²) >= 11 is 0. The Balaban J connectivity index is 1.72. The second-order valence-corrected chi connectivity index (χ2v) is 6.77.